The molecule has 0 atom stereocenters. The molecule has 9 heteroatoms. The van der Waals surface area contributed by atoms with Crippen molar-refractivity contribution in [2.45, 2.75) is 6.92 Å². The van der Waals surface area contributed by atoms with Crippen LogP contribution in [0.1, 0.15) is 21.6 Å². The van der Waals surface area contributed by atoms with Crippen LogP contribution < -0.4 is 16.2 Å². The van der Waals surface area contributed by atoms with E-state index in [1.165, 1.54) is 29.0 Å². The number of hydrogen-bond donors (Lipinski definition) is 2. The Kier molecular flexibility index (Phi) is 7.43. The zero-order valence-electron chi connectivity index (χ0n) is 19.5. The van der Waals surface area contributed by atoms with Crippen molar-refractivity contribution in [1.82, 2.24) is 14.7 Å². The highest BCUT2D eigenvalue weighted by Gasteiger charge is 2.22. The Hall–Kier alpha value is -4.07. The molecule has 1 aromatic heterocycles. The second kappa shape index (κ2) is 10.7. The molecule has 2 amide bonds. The number of para-hydroxylation sites is 1. The summed E-state index contributed by atoms with van der Waals surface area (Å²) in [6.45, 7) is 1.73. The molecular formula is C27H22Cl2N4O3. The van der Waals surface area contributed by atoms with E-state index in [0.717, 1.165) is 0 Å². The summed E-state index contributed by atoms with van der Waals surface area (Å²) in [4.78, 5) is 39.6. The standard InChI is InChI=1S/C27H22Cl2N4O3/c1-17-24(27(36)33(32(17)2)20-11-7-4-8-12-20)31-26(35)23(15-18-9-5-3-6-10-18)30-25(34)21-14-13-19(28)16-22(21)29/h3-16H,1-2H3,(H,30,34)(H,31,35)/b23-15-. The zero-order chi connectivity index (χ0) is 25.8. The summed E-state index contributed by atoms with van der Waals surface area (Å²) in [5.41, 5.74) is 1.66. The third-order valence-corrected chi connectivity index (χ3v) is 6.12. The summed E-state index contributed by atoms with van der Waals surface area (Å²) in [7, 11) is 1.73. The number of rotatable bonds is 6. The maximum atomic E-state index is 13.4. The van der Waals surface area contributed by atoms with Crippen LogP contribution in [0.4, 0.5) is 5.69 Å². The van der Waals surface area contributed by atoms with Crippen molar-refractivity contribution in [2.24, 2.45) is 7.05 Å². The van der Waals surface area contributed by atoms with Crippen molar-refractivity contribution in [3.63, 3.8) is 0 Å². The van der Waals surface area contributed by atoms with Crippen molar-refractivity contribution < 1.29 is 9.59 Å². The number of amides is 2. The quantitative estimate of drug-likeness (QED) is 0.342. The second-order valence-corrected chi connectivity index (χ2v) is 8.78. The highest BCUT2D eigenvalue weighted by atomic mass is 35.5. The molecule has 0 saturated heterocycles. The number of hydrogen-bond acceptors (Lipinski definition) is 3. The lowest BCUT2D eigenvalue weighted by Gasteiger charge is -2.12. The highest BCUT2D eigenvalue weighted by molar-refractivity contribution is 6.36. The van der Waals surface area contributed by atoms with E-state index in [2.05, 4.69) is 10.6 Å². The SMILES string of the molecule is Cc1c(NC(=O)/C(=C/c2ccccc2)NC(=O)c2ccc(Cl)cc2Cl)c(=O)n(-c2ccccc2)n1C. The fraction of sp³-hybridized carbons (Fsp3) is 0.0741. The molecule has 0 aliphatic rings. The Morgan fingerprint density at radius 1 is 0.917 bits per heavy atom. The van der Waals surface area contributed by atoms with Gasteiger partial charge in [0.25, 0.3) is 17.4 Å². The Bertz CT molecular complexity index is 1520. The van der Waals surface area contributed by atoms with Crippen molar-refractivity contribution in [1.29, 1.82) is 0 Å². The van der Waals surface area contributed by atoms with Gasteiger partial charge in [0.15, 0.2) is 0 Å². The molecule has 0 radical (unpaired) electrons. The van der Waals surface area contributed by atoms with Gasteiger partial charge in [0, 0.05) is 12.1 Å². The topological polar surface area (TPSA) is 85.1 Å². The molecule has 4 rings (SSSR count). The minimum absolute atomic E-state index is 0.0638. The van der Waals surface area contributed by atoms with Gasteiger partial charge in [0.1, 0.15) is 11.4 Å². The molecule has 0 spiro atoms. The van der Waals surface area contributed by atoms with E-state index in [-0.39, 0.29) is 22.0 Å². The van der Waals surface area contributed by atoms with Crippen LogP contribution in [0.15, 0.2) is 89.4 Å². The fourth-order valence-electron chi connectivity index (χ4n) is 3.63. The predicted molar refractivity (Wildman–Crippen MR) is 143 cm³/mol. The van der Waals surface area contributed by atoms with Crippen LogP contribution in [-0.2, 0) is 11.8 Å². The Morgan fingerprint density at radius 3 is 2.19 bits per heavy atom. The van der Waals surface area contributed by atoms with Crippen LogP contribution in [0.3, 0.4) is 0 Å². The van der Waals surface area contributed by atoms with Crippen LogP contribution in [0, 0.1) is 6.92 Å². The summed E-state index contributed by atoms with van der Waals surface area (Å²) in [5, 5.41) is 5.82. The average molecular weight is 521 g/mol. The molecule has 182 valence electrons. The maximum absolute atomic E-state index is 13.4. The van der Waals surface area contributed by atoms with Gasteiger partial charge in [-0.3, -0.25) is 19.1 Å². The Balaban J connectivity index is 1.69. The van der Waals surface area contributed by atoms with Gasteiger partial charge in [-0.1, -0.05) is 71.7 Å². The van der Waals surface area contributed by atoms with E-state index in [4.69, 9.17) is 23.2 Å². The van der Waals surface area contributed by atoms with Crippen LogP contribution in [0.25, 0.3) is 11.8 Å². The molecule has 3 aromatic carbocycles. The first kappa shape index (κ1) is 25.0. The third-order valence-electron chi connectivity index (χ3n) is 5.57. The lowest BCUT2D eigenvalue weighted by atomic mass is 10.1. The molecule has 0 bridgehead atoms. The molecule has 0 saturated carbocycles. The lowest BCUT2D eigenvalue weighted by Crippen LogP contribution is -2.32. The monoisotopic (exact) mass is 520 g/mol. The fourth-order valence-corrected chi connectivity index (χ4v) is 4.13. The van der Waals surface area contributed by atoms with Gasteiger partial charge in [-0.2, -0.15) is 0 Å². The zero-order valence-corrected chi connectivity index (χ0v) is 21.0. The number of halogens is 2. The molecule has 0 unspecified atom stereocenters. The van der Waals surface area contributed by atoms with E-state index in [9.17, 15) is 14.4 Å². The predicted octanol–water partition coefficient (Wildman–Crippen LogP) is 5.20. The number of nitrogens with one attached hydrogen (secondary N) is 2. The molecule has 0 aliphatic heterocycles. The van der Waals surface area contributed by atoms with E-state index >= 15 is 0 Å². The molecule has 36 heavy (non-hydrogen) atoms. The summed E-state index contributed by atoms with van der Waals surface area (Å²) in [5.74, 6) is -1.26. The van der Waals surface area contributed by atoms with Gasteiger partial charge in [-0.15, -0.1) is 0 Å². The van der Waals surface area contributed by atoms with Gasteiger partial charge in [-0.05, 0) is 48.9 Å². The van der Waals surface area contributed by atoms with Gasteiger partial charge < -0.3 is 10.6 Å². The number of nitrogens with zero attached hydrogens (tertiary/aromatic N) is 2. The van der Waals surface area contributed by atoms with E-state index < -0.39 is 17.4 Å². The first-order chi connectivity index (χ1) is 17.3. The number of benzene rings is 3. The number of carbonyl (C=O) groups excluding carboxylic acids is 2. The largest absolute Gasteiger partial charge is 0.317 e. The van der Waals surface area contributed by atoms with Crippen LogP contribution in [-0.4, -0.2) is 21.2 Å². The second-order valence-electron chi connectivity index (χ2n) is 7.94. The van der Waals surface area contributed by atoms with E-state index in [1.54, 1.807) is 55.1 Å². The van der Waals surface area contributed by atoms with Crippen molar-refractivity contribution in [2.75, 3.05) is 5.32 Å². The van der Waals surface area contributed by atoms with Crippen molar-refractivity contribution >= 4 is 46.8 Å². The minimum atomic E-state index is -0.664. The normalized spacial score (nSPS) is 11.3. The molecule has 4 aromatic rings. The maximum Gasteiger partial charge on any atom is 0.295 e. The average Bonchev–Trinajstić information content (AvgIpc) is 3.07. The number of carbonyl (C=O) groups is 2. The van der Waals surface area contributed by atoms with E-state index in [0.29, 0.717) is 22.0 Å². The van der Waals surface area contributed by atoms with Crippen molar-refractivity contribution in [3.8, 4) is 5.69 Å². The molecule has 0 aliphatic carbocycles. The first-order valence-electron chi connectivity index (χ1n) is 10.9. The van der Waals surface area contributed by atoms with Gasteiger partial charge in [0.2, 0.25) is 0 Å². The van der Waals surface area contributed by atoms with E-state index in [1.807, 2.05) is 24.3 Å². The molecule has 2 N–H and O–H groups in total. The highest BCUT2D eigenvalue weighted by Crippen LogP contribution is 2.22. The Labute approximate surface area is 217 Å². The van der Waals surface area contributed by atoms with Crippen LogP contribution in [0.2, 0.25) is 10.0 Å². The summed E-state index contributed by atoms with van der Waals surface area (Å²) >= 11 is 12.1. The Morgan fingerprint density at radius 2 is 1.56 bits per heavy atom. The summed E-state index contributed by atoms with van der Waals surface area (Å²) in [6, 6.07) is 22.5. The first-order valence-corrected chi connectivity index (χ1v) is 11.7. The summed E-state index contributed by atoms with van der Waals surface area (Å²) < 4.78 is 3.11. The third kappa shape index (κ3) is 5.27. The van der Waals surface area contributed by atoms with Gasteiger partial charge in [0.05, 0.1) is 22.0 Å². The molecular weight excluding hydrogens is 499 g/mol. The van der Waals surface area contributed by atoms with Gasteiger partial charge in [-0.25, -0.2) is 4.68 Å². The number of anilines is 1. The molecule has 1 heterocycles. The van der Waals surface area contributed by atoms with Crippen LogP contribution >= 0.6 is 23.2 Å². The molecule has 0 fully saturated rings. The lowest BCUT2D eigenvalue weighted by molar-refractivity contribution is -0.113. The smallest absolute Gasteiger partial charge is 0.295 e. The minimum Gasteiger partial charge on any atom is -0.317 e. The van der Waals surface area contributed by atoms with Crippen molar-refractivity contribution in [3.05, 3.63) is 122 Å². The van der Waals surface area contributed by atoms with Crippen LogP contribution in [0.5, 0.6) is 0 Å². The summed E-state index contributed by atoms with van der Waals surface area (Å²) in [6.07, 6.45) is 1.52. The number of aromatic nitrogens is 2. The molecule has 7 nitrogen and oxygen atoms in total. The van der Waals surface area contributed by atoms with Gasteiger partial charge >= 0.3 is 0 Å².